The summed E-state index contributed by atoms with van der Waals surface area (Å²) in [5.74, 6) is 1.86. The SMILES string of the molecule is C#CC(O)C(O)CO.O=P(O)(O)O. The van der Waals surface area contributed by atoms with Crippen LogP contribution in [-0.4, -0.2) is 48.8 Å². The van der Waals surface area contributed by atoms with Gasteiger partial charge < -0.3 is 30.0 Å². The van der Waals surface area contributed by atoms with E-state index in [1.54, 1.807) is 0 Å². The fourth-order valence-electron chi connectivity index (χ4n) is 0.211. The average molecular weight is 214 g/mol. The lowest BCUT2D eigenvalue weighted by atomic mass is 10.2. The molecule has 0 saturated carbocycles. The van der Waals surface area contributed by atoms with Gasteiger partial charge in [-0.2, -0.15) is 0 Å². The summed E-state index contributed by atoms with van der Waals surface area (Å²) >= 11 is 0. The van der Waals surface area contributed by atoms with Crippen LogP contribution in [0.4, 0.5) is 0 Å². The molecule has 7 nitrogen and oxygen atoms in total. The summed E-state index contributed by atoms with van der Waals surface area (Å²) in [6.07, 6.45) is 2.22. The molecule has 0 aliphatic rings. The van der Waals surface area contributed by atoms with Crippen molar-refractivity contribution in [1.29, 1.82) is 0 Å². The molecule has 0 aromatic heterocycles. The molecule has 0 aliphatic carbocycles. The Balaban J connectivity index is 0. The van der Waals surface area contributed by atoms with E-state index in [9.17, 15) is 0 Å². The van der Waals surface area contributed by atoms with Crippen LogP contribution in [0.5, 0.6) is 0 Å². The number of hydrogen-bond donors (Lipinski definition) is 6. The maximum Gasteiger partial charge on any atom is 0.466 e. The Hall–Kier alpha value is -0.450. The maximum atomic E-state index is 8.88. The highest BCUT2D eigenvalue weighted by atomic mass is 31.2. The highest BCUT2D eigenvalue weighted by Crippen LogP contribution is 2.25. The molecule has 78 valence electrons. The highest BCUT2D eigenvalue weighted by Gasteiger charge is 2.09. The molecule has 2 atom stereocenters. The second-order valence-corrected chi connectivity index (χ2v) is 2.90. The number of rotatable bonds is 2. The Bertz CT molecular complexity index is 195. The van der Waals surface area contributed by atoms with Crippen LogP contribution in [0, 0.1) is 12.3 Å². The zero-order chi connectivity index (χ0) is 11.1. The molecular formula is C5H11O7P. The van der Waals surface area contributed by atoms with Gasteiger partial charge in [-0.05, 0) is 0 Å². The minimum atomic E-state index is -4.64. The van der Waals surface area contributed by atoms with Crippen molar-refractivity contribution in [2.45, 2.75) is 12.2 Å². The molecule has 0 heterocycles. The average Bonchev–Trinajstić information content (AvgIpc) is 1.98. The molecule has 0 fully saturated rings. The zero-order valence-electron chi connectivity index (χ0n) is 6.48. The standard InChI is InChI=1S/C5H8O3.H3O4P/c1-2-4(7)5(8)3-6;1-5(2,3)4/h1,4-8H,3H2;(H3,1,2,3,4). The quantitative estimate of drug-likeness (QED) is 0.219. The number of aliphatic hydroxyl groups is 3. The summed E-state index contributed by atoms with van der Waals surface area (Å²) < 4.78 is 8.88. The Morgan fingerprint density at radius 1 is 1.31 bits per heavy atom. The molecule has 0 saturated heterocycles. The van der Waals surface area contributed by atoms with E-state index in [0.717, 1.165) is 0 Å². The van der Waals surface area contributed by atoms with Crippen molar-refractivity contribution in [2.24, 2.45) is 0 Å². The van der Waals surface area contributed by atoms with E-state index >= 15 is 0 Å². The van der Waals surface area contributed by atoms with Gasteiger partial charge in [-0.25, -0.2) is 4.57 Å². The lowest BCUT2D eigenvalue weighted by Gasteiger charge is -2.07. The smallest absolute Gasteiger partial charge is 0.394 e. The summed E-state index contributed by atoms with van der Waals surface area (Å²) in [6.45, 7) is -0.509. The molecule has 0 bridgehead atoms. The van der Waals surface area contributed by atoms with Crippen molar-refractivity contribution >= 4 is 7.82 Å². The van der Waals surface area contributed by atoms with E-state index in [-0.39, 0.29) is 0 Å². The highest BCUT2D eigenvalue weighted by molar-refractivity contribution is 7.45. The van der Waals surface area contributed by atoms with E-state index < -0.39 is 26.6 Å². The number of hydrogen-bond acceptors (Lipinski definition) is 4. The number of aliphatic hydroxyl groups excluding tert-OH is 3. The van der Waals surface area contributed by atoms with E-state index in [0.29, 0.717) is 0 Å². The minimum absolute atomic E-state index is 0.509. The summed E-state index contributed by atoms with van der Waals surface area (Å²) in [4.78, 5) is 21.6. The Labute approximate surface area is 74.5 Å². The fourth-order valence-corrected chi connectivity index (χ4v) is 0.211. The predicted molar refractivity (Wildman–Crippen MR) is 42.2 cm³/mol. The van der Waals surface area contributed by atoms with Crippen LogP contribution in [0.3, 0.4) is 0 Å². The lowest BCUT2D eigenvalue weighted by molar-refractivity contribution is 0.0139. The van der Waals surface area contributed by atoms with Crippen molar-refractivity contribution in [3.63, 3.8) is 0 Å². The Kier molecular flexibility index (Phi) is 8.10. The van der Waals surface area contributed by atoms with Crippen molar-refractivity contribution in [3.8, 4) is 12.3 Å². The topological polar surface area (TPSA) is 138 Å². The third kappa shape index (κ3) is 18.5. The van der Waals surface area contributed by atoms with E-state index in [2.05, 4.69) is 6.42 Å². The third-order valence-corrected chi connectivity index (χ3v) is 0.722. The van der Waals surface area contributed by atoms with Gasteiger partial charge >= 0.3 is 7.82 Å². The number of terminal acetylenes is 1. The van der Waals surface area contributed by atoms with Crippen LogP contribution < -0.4 is 0 Å². The van der Waals surface area contributed by atoms with Crippen molar-refractivity contribution < 1.29 is 34.6 Å². The molecule has 0 amide bonds. The molecule has 13 heavy (non-hydrogen) atoms. The van der Waals surface area contributed by atoms with E-state index in [1.165, 1.54) is 0 Å². The summed E-state index contributed by atoms with van der Waals surface area (Å²) in [7, 11) is -4.64. The van der Waals surface area contributed by atoms with Gasteiger partial charge in [0.2, 0.25) is 0 Å². The van der Waals surface area contributed by atoms with Gasteiger partial charge in [0, 0.05) is 0 Å². The zero-order valence-corrected chi connectivity index (χ0v) is 7.37. The fraction of sp³-hybridized carbons (Fsp3) is 0.600. The minimum Gasteiger partial charge on any atom is -0.394 e. The van der Waals surface area contributed by atoms with Gasteiger partial charge in [0.25, 0.3) is 0 Å². The molecule has 0 radical (unpaired) electrons. The van der Waals surface area contributed by atoms with Gasteiger partial charge in [-0.3, -0.25) is 0 Å². The largest absolute Gasteiger partial charge is 0.466 e. The second-order valence-electron chi connectivity index (χ2n) is 1.87. The van der Waals surface area contributed by atoms with Crippen LogP contribution >= 0.6 is 7.82 Å². The molecular weight excluding hydrogens is 203 g/mol. The lowest BCUT2D eigenvalue weighted by Crippen LogP contribution is -2.27. The molecule has 2 unspecified atom stereocenters. The van der Waals surface area contributed by atoms with Gasteiger partial charge in [-0.15, -0.1) is 6.42 Å². The van der Waals surface area contributed by atoms with Crippen molar-refractivity contribution in [2.75, 3.05) is 6.61 Å². The summed E-state index contributed by atoms with van der Waals surface area (Å²) in [6, 6.07) is 0. The van der Waals surface area contributed by atoms with Crippen LogP contribution in [0.25, 0.3) is 0 Å². The van der Waals surface area contributed by atoms with Crippen LogP contribution in [0.15, 0.2) is 0 Å². The van der Waals surface area contributed by atoms with Crippen LogP contribution in [0.2, 0.25) is 0 Å². The van der Waals surface area contributed by atoms with Gasteiger partial charge in [-0.1, -0.05) is 5.92 Å². The van der Waals surface area contributed by atoms with Gasteiger partial charge in [0.1, 0.15) is 12.2 Å². The normalized spacial score (nSPS) is 14.8. The predicted octanol–water partition coefficient (Wildman–Crippen LogP) is -2.59. The molecule has 0 aromatic carbocycles. The van der Waals surface area contributed by atoms with Gasteiger partial charge in [0.15, 0.2) is 0 Å². The van der Waals surface area contributed by atoms with Crippen molar-refractivity contribution in [3.05, 3.63) is 0 Å². The molecule has 0 spiro atoms. The first kappa shape index (κ1) is 15.0. The molecule has 0 aromatic rings. The van der Waals surface area contributed by atoms with E-state index in [4.69, 9.17) is 34.6 Å². The first-order valence-corrected chi connectivity index (χ1v) is 4.50. The summed E-state index contributed by atoms with van der Waals surface area (Å²) in [5, 5.41) is 25.1. The van der Waals surface area contributed by atoms with Crippen LogP contribution in [0.1, 0.15) is 0 Å². The first-order chi connectivity index (χ1) is 5.72. The maximum absolute atomic E-state index is 8.88. The van der Waals surface area contributed by atoms with E-state index in [1.807, 2.05) is 5.92 Å². The molecule has 8 heteroatoms. The van der Waals surface area contributed by atoms with Crippen LogP contribution in [-0.2, 0) is 4.57 Å². The Morgan fingerprint density at radius 3 is 1.69 bits per heavy atom. The summed E-state index contributed by atoms with van der Waals surface area (Å²) in [5.41, 5.74) is 0. The van der Waals surface area contributed by atoms with Gasteiger partial charge in [0.05, 0.1) is 6.61 Å². The third-order valence-electron chi connectivity index (χ3n) is 0.722. The second kappa shape index (κ2) is 7.00. The monoisotopic (exact) mass is 214 g/mol. The first-order valence-electron chi connectivity index (χ1n) is 2.93. The molecule has 6 N–H and O–H groups in total. The number of phosphoric acid groups is 1. The van der Waals surface area contributed by atoms with Crippen molar-refractivity contribution in [1.82, 2.24) is 0 Å². The Morgan fingerprint density at radius 2 is 1.62 bits per heavy atom. The molecule has 0 aliphatic heterocycles. The molecule has 0 rings (SSSR count).